The fourth-order valence-corrected chi connectivity index (χ4v) is 2.62. The lowest BCUT2D eigenvalue weighted by Gasteiger charge is -2.04. The first kappa shape index (κ1) is 16.9. The molecule has 1 heterocycles. The topological polar surface area (TPSA) is 56.5 Å². The molecule has 0 saturated heterocycles. The Kier molecular flexibility index (Phi) is 4.65. The first-order chi connectivity index (χ1) is 12.0. The van der Waals surface area contributed by atoms with Gasteiger partial charge in [-0.25, -0.2) is 4.39 Å². The van der Waals surface area contributed by atoms with Crippen molar-refractivity contribution in [2.75, 3.05) is 6.61 Å². The summed E-state index contributed by atoms with van der Waals surface area (Å²) in [5, 5.41) is 0.858. The third kappa shape index (κ3) is 3.60. The predicted molar refractivity (Wildman–Crippen MR) is 91.1 cm³/mol. The Labute approximate surface area is 144 Å². The van der Waals surface area contributed by atoms with Crippen molar-refractivity contribution in [3.05, 3.63) is 70.7 Å². The van der Waals surface area contributed by atoms with Gasteiger partial charge in [-0.2, -0.15) is 0 Å². The molecule has 0 aliphatic rings. The molecular weight excluding hydrogens is 323 g/mol. The van der Waals surface area contributed by atoms with E-state index in [1.54, 1.807) is 0 Å². The lowest BCUT2D eigenvalue weighted by Crippen LogP contribution is -2.15. The van der Waals surface area contributed by atoms with E-state index in [0.29, 0.717) is 5.56 Å². The second-order valence-electron chi connectivity index (χ2n) is 5.92. The number of halogens is 1. The number of ketones is 1. The molecule has 2 aromatic carbocycles. The number of hydrogen-bond acceptors (Lipinski definition) is 4. The SMILES string of the molecule is Cc1ccc2c(CC(=O)OCC(=O)c3cccc(F)c3)coc2c1C. The Morgan fingerprint density at radius 3 is 2.72 bits per heavy atom. The molecule has 0 amide bonds. The number of carbonyl (C=O) groups is 2. The van der Waals surface area contributed by atoms with E-state index in [2.05, 4.69) is 0 Å². The number of benzene rings is 2. The monoisotopic (exact) mass is 340 g/mol. The first-order valence-corrected chi connectivity index (χ1v) is 7.86. The minimum Gasteiger partial charge on any atom is -0.464 e. The van der Waals surface area contributed by atoms with E-state index in [4.69, 9.17) is 9.15 Å². The van der Waals surface area contributed by atoms with Crippen LogP contribution in [0.15, 0.2) is 47.1 Å². The van der Waals surface area contributed by atoms with Gasteiger partial charge in [-0.1, -0.05) is 24.3 Å². The highest BCUT2D eigenvalue weighted by molar-refractivity contribution is 5.98. The number of esters is 1. The molecule has 3 rings (SSSR count). The molecule has 0 saturated carbocycles. The molecule has 0 radical (unpaired) electrons. The van der Waals surface area contributed by atoms with Gasteiger partial charge in [0.1, 0.15) is 11.4 Å². The number of hydrogen-bond donors (Lipinski definition) is 0. The quantitative estimate of drug-likeness (QED) is 0.517. The lowest BCUT2D eigenvalue weighted by atomic mass is 10.0. The molecule has 5 heteroatoms. The Bertz CT molecular complexity index is 955. The maximum Gasteiger partial charge on any atom is 0.310 e. The zero-order chi connectivity index (χ0) is 18.0. The van der Waals surface area contributed by atoms with Crippen LogP contribution in [-0.2, 0) is 16.0 Å². The number of furan rings is 1. The molecule has 0 spiro atoms. The minimum absolute atomic E-state index is 0.00588. The molecule has 0 bridgehead atoms. The zero-order valence-electron chi connectivity index (χ0n) is 14.0. The average Bonchev–Trinajstić information content (AvgIpc) is 2.99. The molecular formula is C20H17FO4. The highest BCUT2D eigenvalue weighted by Gasteiger charge is 2.15. The standard InChI is InChI=1S/C20H17FO4/c1-12-6-7-17-15(10-25-20(17)13(12)2)9-19(23)24-11-18(22)14-4-3-5-16(21)8-14/h3-8,10H,9,11H2,1-2H3. The minimum atomic E-state index is -0.536. The molecule has 0 aliphatic heterocycles. The van der Waals surface area contributed by atoms with E-state index < -0.39 is 24.2 Å². The predicted octanol–water partition coefficient (Wildman–Crippen LogP) is 4.16. The van der Waals surface area contributed by atoms with Gasteiger partial charge in [0.15, 0.2) is 12.4 Å². The van der Waals surface area contributed by atoms with Crippen LogP contribution in [0, 0.1) is 19.7 Å². The van der Waals surface area contributed by atoms with E-state index in [1.807, 2.05) is 26.0 Å². The van der Waals surface area contributed by atoms with Crippen molar-refractivity contribution in [3.63, 3.8) is 0 Å². The third-order valence-electron chi connectivity index (χ3n) is 4.19. The van der Waals surface area contributed by atoms with Crippen LogP contribution in [0.2, 0.25) is 0 Å². The molecule has 128 valence electrons. The summed E-state index contributed by atoms with van der Waals surface area (Å²) in [6.07, 6.45) is 1.54. The summed E-state index contributed by atoms with van der Waals surface area (Å²) in [4.78, 5) is 24.0. The van der Waals surface area contributed by atoms with Crippen LogP contribution in [0.4, 0.5) is 4.39 Å². The molecule has 4 nitrogen and oxygen atoms in total. The maximum atomic E-state index is 13.1. The van der Waals surface area contributed by atoms with Crippen molar-refractivity contribution in [1.82, 2.24) is 0 Å². The highest BCUT2D eigenvalue weighted by atomic mass is 19.1. The normalized spacial score (nSPS) is 10.8. The van der Waals surface area contributed by atoms with E-state index in [9.17, 15) is 14.0 Å². The van der Waals surface area contributed by atoms with Gasteiger partial charge in [-0.05, 0) is 37.1 Å². The molecule has 1 aromatic heterocycles. The number of fused-ring (bicyclic) bond motifs is 1. The Morgan fingerprint density at radius 1 is 1.16 bits per heavy atom. The summed E-state index contributed by atoms with van der Waals surface area (Å²) in [7, 11) is 0. The van der Waals surface area contributed by atoms with Gasteiger partial charge in [0.25, 0.3) is 0 Å². The summed E-state index contributed by atoms with van der Waals surface area (Å²) < 4.78 is 23.7. The van der Waals surface area contributed by atoms with Crippen molar-refractivity contribution in [2.24, 2.45) is 0 Å². The number of rotatable bonds is 5. The van der Waals surface area contributed by atoms with E-state index in [0.717, 1.165) is 28.2 Å². The van der Waals surface area contributed by atoms with Crippen LogP contribution in [-0.4, -0.2) is 18.4 Å². The number of ether oxygens (including phenoxy) is 1. The first-order valence-electron chi connectivity index (χ1n) is 7.86. The molecule has 0 aliphatic carbocycles. The van der Waals surface area contributed by atoms with Gasteiger partial charge in [0.05, 0.1) is 12.7 Å². The van der Waals surface area contributed by atoms with Gasteiger partial charge in [0.2, 0.25) is 0 Å². The van der Waals surface area contributed by atoms with Gasteiger partial charge < -0.3 is 9.15 Å². The fourth-order valence-electron chi connectivity index (χ4n) is 2.62. The van der Waals surface area contributed by atoms with E-state index in [1.165, 1.54) is 24.5 Å². The average molecular weight is 340 g/mol. The number of carbonyl (C=O) groups excluding carboxylic acids is 2. The van der Waals surface area contributed by atoms with Gasteiger partial charge in [-0.15, -0.1) is 0 Å². The van der Waals surface area contributed by atoms with Crippen LogP contribution in [0.5, 0.6) is 0 Å². The summed E-state index contributed by atoms with van der Waals surface area (Å²) in [5.74, 6) is -1.49. The summed E-state index contributed by atoms with van der Waals surface area (Å²) >= 11 is 0. The molecule has 0 unspecified atom stereocenters. The van der Waals surface area contributed by atoms with Crippen LogP contribution in [0.25, 0.3) is 11.0 Å². The molecule has 0 N–H and O–H groups in total. The van der Waals surface area contributed by atoms with Crippen LogP contribution in [0.3, 0.4) is 0 Å². The zero-order valence-corrected chi connectivity index (χ0v) is 14.0. The Morgan fingerprint density at radius 2 is 1.96 bits per heavy atom. The van der Waals surface area contributed by atoms with Crippen molar-refractivity contribution < 1.29 is 23.1 Å². The summed E-state index contributed by atoms with van der Waals surface area (Å²) in [6.45, 7) is 3.53. The number of aryl methyl sites for hydroxylation is 2. The van der Waals surface area contributed by atoms with Crippen LogP contribution < -0.4 is 0 Å². The van der Waals surface area contributed by atoms with Gasteiger partial charge in [0, 0.05) is 16.5 Å². The largest absolute Gasteiger partial charge is 0.464 e. The third-order valence-corrected chi connectivity index (χ3v) is 4.19. The fraction of sp³-hybridized carbons (Fsp3) is 0.200. The Hall–Kier alpha value is -2.95. The number of Topliss-reactive ketones (excluding diaryl/α,β-unsaturated/α-hetero) is 1. The highest BCUT2D eigenvalue weighted by Crippen LogP contribution is 2.26. The summed E-state index contributed by atoms with van der Waals surface area (Å²) in [6, 6.07) is 9.15. The smallest absolute Gasteiger partial charge is 0.310 e. The Balaban J connectivity index is 1.65. The van der Waals surface area contributed by atoms with E-state index in [-0.39, 0.29) is 12.0 Å². The second-order valence-corrected chi connectivity index (χ2v) is 5.92. The van der Waals surface area contributed by atoms with E-state index >= 15 is 0 Å². The molecule has 25 heavy (non-hydrogen) atoms. The van der Waals surface area contributed by atoms with Crippen LogP contribution >= 0.6 is 0 Å². The molecule has 0 fully saturated rings. The van der Waals surface area contributed by atoms with Crippen molar-refractivity contribution in [1.29, 1.82) is 0 Å². The molecule has 0 atom stereocenters. The second kappa shape index (κ2) is 6.89. The van der Waals surface area contributed by atoms with Crippen molar-refractivity contribution in [3.8, 4) is 0 Å². The molecule has 3 aromatic rings. The van der Waals surface area contributed by atoms with Crippen molar-refractivity contribution >= 4 is 22.7 Å². The van der Waals surface area contributed by atoms with Crippen LogP contribution in [0.1, 0.15) is 27.0 Å². The summed E-state index contributed by atoms with van der Waals surface area (Å²) in [5.41, 5.74) is 3.77. The van der Waals surface area contributed by atoms with Crippen molar-refractivity contribution in [2.45, 2.75) is 20.3 Å². The van der Waals surface area contributed by atoms with Gasteiger partial charge in [-0.3, -0.25) is 9.59 Å². The van der Waals surface area contributed by atoms with Gasteiger partial charge >= 0.3 is 5.97 Å². The lowest BCUT2D eigenvalue weighted by molar-refractivity contribution is -0.141. The maximum absolute atomic E-state index is 13.1.